The molecule has 0 aliphatic carbocycles. The molecule has 6 nitrogen and oxygen atoms in total. The summed E-state index contributed by atoms with van der Waals surface area (Å²) in [6, 6.07) is -0.193. The van der Waals surface area contributed by atoms with Crippen LogP contribution in [0, 0.1) is 12.7 Å². The number of amides is 1. The van der Waals surface area contributed by atoms with Crippen LogP contribution >= 0.6 is 0 Å². The predicted molar refractivity (Wildman–Crippen MR) is 81.9 cm³/mol. The number of hydrogen-bond donors (Lipinski definition) is 2. The van der Waals surface area contributed by atoms with Gasteiger partial charge in [-0.1, -0.05) is 6.08 Å². The summed E-state index contributed by atoms with van der Waals surface area (Å²) in [5.41, 5.74) is 1.04. The molecule has 0 aromatic heterocycles. The van der Waals surface area contributed by atoms with Crippen molar-refractivity contribution in [2.45, 2.75) is 19.4 Å². The molecule has 2 N–H and O–H groups in total. The zero-order valence-electron chi connectivity index (χ0n) is 13.3. The minimum atomic E-state index is -1.22. The number of ether oxygens (including phenoxy) is 2. The topological polar surface area (TPSA) is 84.9 Å². The maximum absolute atomic E-state index is 14.1. The Kier molecular flexibility index (Phi) is 6.71. The Bertz CT molecular complexity index is 615. The molecule has 0 radical (unpaired) electrons. The molecule has 0 aliphatic heterocycles. The maximum Gasteiger partial charge on any atom is 0.330 e. The summed E-state index contributed by atoms with van der Waals surface area (Å²) in [7, 11) is 2.47. The molecule has 0 unspecified atom stereocenters. The van der Waals surface area contributed by atoms with Crippen LogP contribution in [0.4, 0.5) is 4.39 Å². The molecule has 0 fully saturated rings. The minimum Gasteiger partial charge on any atom is -0.493 e. The van der Waals surface area contributed by atoms with Crippen LogP contribution in [-0.2, 0) is 16.0 Å². The van der Waals surface area contributed by atoms with E-state index in [0.717, 1.165) is 13.2 Å². The van der Waals surface area contributed by atoms with Crippen LogP contribution in [0.3, 0.4) is 0 Å². The van der Waals surface area contributed by atoms with E-state index in [1.807, 2.05) is 0 Å². The molecule has 0 heterocycles. The van der Waals surface area contributed by atoms with E-state index in [-0.39, 0.29) is 11.3 Å². The van der Waals surface area contributed by atoms with Crippen LogP contribution < -0.4 is 10.1 Å². The Balaban J connectivity index is 3.24. The van der Waals surface area contributed by atoms with Crippen molar-refractivity contribution in [2.24, 2.45) is 0 Å². The Morgan fingerprint density at radius 2 is 2.13 bits per heavy atom. The number of aliphatic hydroxyl groups excluding tert-OH is 1. The standard InChI is InChI=1S/C16H20FNO5/c1-5-6-10-9(2)11(7-12(17)14(10)22-3)15(20)18-13(8-19)16(21)23-4/h5,7,13,19H,1,6,8H2,2-4H3,(H,18,20)/t13-/m1/s1. The lowest BCUT2D eigenvalue weighted by Crippen LogP contribution is -2.44. The van der Waals surface area contributed by atoms with Crippen LogP contribution in [-0.4, -0.2) is 43.9 Å². The van der Waals surface area contributed by atoms with Crippen LogP contribution in [0.2, 0.25) is 0 Å². The molecule has 1 rings (SSSR count). The number of carbonyl (C=O) groups excluding carboxylic acids is 2. The third-order valence-electron chi connectivity index (χ3n) is 3.39. The number of benzene rings is 1. The Morgan fingerprint density at radius 1 is 1.48 bits per heavy atom. The van der Waals surface area contributed by atoms with Gasteiger partial charge in [0, 0.05) is 11.1 Å². The molecule has 0 saturated heterocycles. The number of esters is 1. The van der Waals surface area contributed by atoms with Gasteiger partial charge in [-0.2, -0.15) is 0 Å². The van der Waals surface area contributed by atoms with Crippen molar-refractivity contribution >= 4 is 11.9 Å². The third-order valence-corrected chi connectivity index (χ3v) is 3.39. The second kappa shape index (κ2) is 8.28. The quantitative estimate of drug-likeness (QED) is 0.580. The first-order valence-corrected chi connectivity index (χ1v) is 6.87. The van der Waals surface area contributed by atoms with Crippen molar-refractivity contribution in [3.8, 4) is 5.75 Å². The lowest BCUT2D eigenvalue weighted by Gasteiger charge is -2.18. The summed E-state index contributed by atoms with van der Waals surface area (Å²) < 4.78 is 23.6. The SMILES string of the molecule is C=CCc1c(C)c(C(=O)N[C@H](CO)C(=O)OC)cc(F)c1OC. The molecule has 0 saturated carbocycles. The molecule has 0 aliphatic rings. The number of allylic oxidation sites excluding steroid dienone is 1. The van der Waals surface area contributed by atoms with E-state index in [4.69, 9.17) is 9.84 Å². The average molecular weight is 325 g/mol. The summed E-state index contributed by atoms with van der Waals surface area (Å²) in [5, 5.41) is 11.5. The summed E-state index contributed by atoms with van der Waals surface area (Å²) in [5.74, 6) is -2.14. The highest BCUT2D eigenvalue weighted by atomic mass is 19.1. The minimum absolute atomic E-state index is 0.0440. The summed E-state index contributed by atoms with van der Waals surface area (Å²) in [6.45, 7) is 4.61. The van der Waals surface area contributed by atoms with Crippen molar-refractivity contribution in [1.82, 2.24) is 5.32 Å². The van der Waals surface area contributed by atoms with Gasteiger partial charge < -0.3 is 19.9 Å². The van der Waals surface area contributed by atoms with E-state index in [1.165, 1.54) is 7.11 Å². The van der Waals surface area contributed by atoms with Crippen LogP contribution in [0.5, 0.6) is 5.75 Å². The first-order chi connectivity index (χ1) is 10.9. The first-order valence-electron chi connectivity index (χ1n) is 6.87. The van der Waals surface area contributed by atoms with Gasteiger partial charge >= 0.3 is 5.97 Å². The highest BCUT2D eigenvalue weighted by Crippen LogP contribution is 2.29. The van der Waals surface area contributed by atoms with Crippen molar-refractivity contribution < 1.29 is 28.6 Å². The summed E-state index contributed by atoms with van der Waals surface area (Å²) in [6.07, 6.45) is 1.88. The molecule has 0 spiro atoms. The van der Waals surface area contributed by atoms with Gasteiger partial charge in [-0.05, 0) is 25.0 Å². The Hall–Kier alpha value is -2.41. The van der Waals surface area contributed by atoms with Gasteiger partial charge in [0.1, 0.15) is 0 Å². The van der Waals surface area contributed by atoms with Gasteiger partial charge in [0.15, 0.2) is 17.6 Å². The first kappa shape index (κ1) is 18.6. The molecule has 1 aromatic rings. The highest BCUT2D eigenvalue weighted by Gasteiger charge is 2.24. The van der Waals surface area contributed by atoms with E-state index < -0.39 is 30.3 Å². The Labute approximate surface area is 133 Å². The number of aliphatic hydroxyl groups is 1. The molecule has 1 atom stereocenters. The van der Waals surface area contributed by atoms with Crippen LogP contribution in [0.25, 0.3) is 0 Å². The van der Waals surface area contributed by atoms with Gasteiger partial charge in [0.05, 0.1) is 20.8 Å². The van der Waals surface area contributed by atoms with E-state index in [2.05, 4.69) is 16.6 Å². The fourth-order valence-electron chi connectivity index (χ4n) is 2.18. The number of hydrogen-bond acceptors (Lipinski definition) is 5. The monoisotopic (exact) mass is 325 g/mol. The van der Waals surface area contributed by atoms with Crippen LogP contribution in [0.1, 0.15) is 21.5 Å². The predicted octanol–water partition coefficient (Wildman–Crippen LogP) is 1.13. The van der Waals surface area contributed by atoms with E-state index >= 15 is 0 Å². The molecular formula is C16H20FNO5. The van der Waals surface area contributed by atoms with Gasteiger partial charge in [0.25, 0.3) is 5.91 Å². The van der Waals surface area contributed by atoms with Gasteiger partial charge in [0.2, 0.25) is 0 Å². The smallest absolute Gasteiger partial charge is 0.330 e. The molecule has 23 heavy (non-hydrogen) atoms. The molecule has 0 bridgehead atoms. The zero-order valence-corrected chi connectivity index (χ0v) is 13.3. The van der Waals surface area contributed by atoms with Gasteiger partial charge in [-0.3, -0.25) is 4.79 Å². The molecule has 7 heteroatoms. The zero-order chi connectivity index (χ0) is 17.6. The van der Waals surface area contributed by atoms with Crippen molar-refractivity contribution in [2.75, 3.05) is 20.8 Å². The Morgan fingerprint density at radius 3 is 2.61 bits per heavy atom. The molecule has 1 amide bonds. The van der Waals surface area contributed by atoms with Gasteiger partial charge in [-0.25, -0.2) is 9.18 Å². The normalized spacial score (nSPS) is 11.5. The number of halogens is 1. The van der Waals surface area contributed by atoms with Crippen molar-refractivity contribution in [3.05, 3.63) is 41.2 Å². The largest absolute Gasteiger partial charge is 0.493 e. The number of methoxy groups -OCH3 is 2. The van der Waals surface area contributed by atoms with Crippen LogP contribution in [0.15, 0.2) is 18.7 Å². The molecule has 1 aromatic carbocycles. The second-order valence-corrected chi connectivity index (χ2v) is 4.77. The number of rotatable bonds is 7. The van der Waals surface area contributed by atoms with Gasteiger partial charge in [-0.15, -0.1) is 6.58 Å². The summed E-state index contributed by atoms with van der Waals surface area (Å²) >= 11 is 0. The fourth-order valence-corrected chi connectivity index (χ4v) is 2.18. The lowest BCUT2D eigenvalue weighted by atomic mass is 9.97. The maximum atomic E-state index is 14.1. The van der Waals surface area contributed by atoms with E-state index in [0.29, 0.717) is 17.5 Å². The molecule has 126 valence electrons. The number of nitrogens with one attached hydrogen (secondary N) is 1. The third kappa shape index (κ3) is 4.07. The van der Waals surface area contributed by atoms with E-state index in [9.17, 15) is 14.0 Å². The number of carbonyl (C=O) groups is 2. The average Bonchev–Trinajstić information content (AvgIpc) is 2.54. The fraction of sp³-hybridized carbons (Fsp3) is 0.375. The molecular weight excluding hydrogens is 305 g/mol. The lowest BCUT2D eigenvalue weighted by molar-refractivity contribution is -0.143. The summed E-state index contributed by atoms with van der Waals surface area (Å²) in [4.78, 5) is 23.7. The van der Waals surface area contributed by atoms with Crippen molar-refractivity contribution in [1.29, 1.82) is 0 Å². The van der Waals surface area contributed by atoms with Crippen molar-refractivity contribution in [3.63, 3.8) is 0 Å². The highest BCUT2D eigenvalue weighted by molar-refractivity contribution is 5.98. The van der Waals surface area contributed by atoms with E-state index in [1.54, 1.807) is 13.0 Å². The second-order valence-electron chi connectivity index (χ2n) is 4.77.